The van der Waals surface area contributed by atoms with Gasteiger partial charge in [-0.25, -0.2) is 9.78 Å². The summed E-state index contributed by atoms with van der Waals surface area (Å²) in [5, 5.41) is 8.69. The summed E-state index contributed by atoms with van der Waals surface area (Å²) in [4.78, 5) is 58.1. The minimum absolute atomic E-state index is 0.0641. The number of fused-ring (bicyclic) bond motifs is 4. The fraction of sp³-hybridized carbons (Fsp3) is 0.323. The molecule has 0 saturated carbocycles. The Labute approximate surface area is 232 Å². The second kappa shape index (κ2) is 9.59. The lowest BCUT2D eigenvalue weighted by molar-refractivity contribution is -0.122. The molecule has 6 rings (SSSR count). The summed E-state index contributed by atoms with van der Waals surface area (Å²) < 4.78 is 0. The number of aromatic nitrogens is 1. The molecule has 4 amide bonds. The molecule has 9 nitrogen and oxygen atoms in total. The van der Waals surface area contributed by atoms with Crippen LogP contribution in [0.2, 0.25) is 0 Å². The monoisotopic (exact) mass is 537 g/mol. The molecule has 2 atom stereocenters. The molecule has 0 radical (unpaired) electrons. The van der Waals surface area contributed by atoms with E-state index in [-0.39, 0.29) is 18.5 Å². The fourth-order valence-electron chi connectivity index (χ4n) is 6.50. The first-order valence-electron chi connectivity index (χ1n) is 13.6. The molecule has 2 heterocycles. The standard InChI is InChI=1S/C31H31N5O4/c1-19(2)33-29(40)36(31(18-37)12-11-20-6-3-4-7-24(20)31)17-26(38)34-23-10-9-21-15-30(16-22(21)14-23)25-8-5-13-32-27(25)35-28(30)39/h3-10,13-14,18-19H,11-12,15-17H2,1-2H3,(H,33,40)(H,34,38)(H,32,35,39)/t30-,31?/m1/s1. The van der Waals surface area contributed by atoms with Crippen LogP contribution in [0.15, 0.2) is 60.8 Å². The van der Waals surface area contributed by atoms with Crippen molar-refractivity contribution in [3.63, 3.8) is 0 Å². The predicted octanol–water partition coefficient (Wildman–Crippen LogP) is 3.47. The Kier molecular flexibility index (Phi) is 6.17. The van der Waals surface area contributed by atoms with Crippen molar-refractivity contribution in [3.05, 3.63) is 88.6 Å². The Morgan fingerprint density at radius 3 is 2.62 bits per heavy atom. The highest BCUT2D eigenvalue weighted by molar-refractivity contribution is 6.06. The number of amides is 4. The van der Waals surface area contributed by atoms with Crippen molar-refractivity contribution in [1.29, 1.82) is 0 Å². The zero-order valence-electron chi connectivity index (χ0n) is 22.5. The number of carbonyl (C=O) groups excluding carboxylic acids is 4. The van der Waals surface area contributed by atoms with E-state index in [9.17, 15) is 19.2 Å². The van der Waals surface area contributed by atoms with Gasteiger partial charge in [0.25, 0.3) is 0 Å². The number of aryl methyl sites for hydroxylation is 1. The third-order valence-electron chi connectivity index (χ3n) is 8.36. The molecule has 0 fully saturated rings. The van der Waals surface area contributed by atoms with Gasteiger partial charge >= 0.3 is 6.03 Å². The third kappa shape index (κ3) is 4.04. The molecule has 3 aromatic rings. The zero-order chi connectivity index (χ0) is 28.1. The van der Waals surface area contributed by atoms with Crippen LogP contribution in [-0.4, -0.2) is 46.6 Å². The highest BCUT2D eigenvalue weighted by atomic mass is 16.2. The van der Waals surface area contributed by atoms with E-state index in [1.54, 1.807) is 6.20 Å². The number of aldehydes is 1. The van der Waals surface area contributed by atoms with Crippen LogP contribution in [0.3, 0.4) is 0 Å². The molecule has 9 heteroatoms. The van der Waals surface area contributed by atoms with Crippen LogP contribution < -0.4 is 16.0 Å². The summed E-state index contributed by atoms with van der Waals surface area (Å²) in [6.07, 6.45) is 4.57. The topological polar surface area (TPSA) is 120 Å². The number of nitrogens with zero attached hydrogens (tertiary/aromatic N) is 2. The van der Waals surface area contributed by atoms with Crippen LogP contribution in [0, 0.1) is 0 Å². The number of benzene rings is 2. The van der Waals surface area contributed by atoms with Crippen molar-refractivity contribution >= 4 is 35.6 Å². The molecule has 3 N–H and O–H groups in total. The first-order valence-corrected chi connectivity index (χ1v) is 13.6. The predicted molar refractivity (Wildman–Crippen MR) is 150 cm³/mol. The second-order valence-electron chi connectivity index (χ2n) is 11.2. The van der Waals surface area contributed by atoms with Gasteiger partial charge in [0.1, 0.15) is 24.2 Å². The van der Waals surface area contributed by atoms with Gasteiger partial charge in [0.15, 0.2) is 0 Å². The zero-order valence-corrected chi connectivity index (χ0v) is 22.5. The molecule has 2 aromatic carbocycles. The second-order valence-corrected chi connectivity index (χ2v) is 11.2. The van der Waals surface area contributed by atoms with Gasteiger partial charge in [-0.15, -0.1) is 0 Å². The Morgan fingerprint density at radius 1 is 1.05 bits per heavy atom. The fourth-order valence-corrected chi connectivity index (χ4v) is 6.50. The van der Waals surface area contributed by atoms with E-state index in [0.29, 0.717) is 37.2 Å². The first kappa shape index (κ1) is 25.7. The average molecular weight is 538 g/mol. The van der Waals surface area contributed by atoms with E-state index in [2.05, 4.69) is 20.9 Å². The van der Waals surface area contributed by atoms with Crippen LogP contribution in [0.4, 0.5) is 16.3 Å². The van der Waals surface area contributed by atoms with Gasteiger partial charge in [0, 0.05) is 23.5 Å². The van der Waals surface area contributed by atoms with Crippen molar-refractivity contribution in [2.75, 3.05) is 17.2 Å². The molecular formula is C31H31N5O4. The molecular weight excluding hydrogens is 506 g/mol. The number of anilines is 2. The number of rotatable bonds is 6. The lowest BCUT2D eigenvalue weighted by atomic mass is 9.79. The van der Waals surface area contributed by atoms with Crippen LogP contribution in [0.5, 0.6) is 0 Å². The summed E-state index contributed by atoms with van der Waals surface area (Å²) in [5.41, 5.74) is 3.31. The molecule has 2 aliphatic carbocycles. The lowest BCUT2D eigenvalue weighted by Gasteiger charge is -2.38. The summed E-state index contributed by atoms with van der Waals surface area (Å²) in [7, 11) is 0. The van der Waals surface area contributed by atoms with E-state index in [0.717, 1.165) is 34.1 Å². The number of hydrogen-bond donors (Lipinski definition) is 3. The maximum Gasteiger partial charge on any atom is 0.319 e. The number of hydrogen-bond acceptors (Lipinski definition) is 5. The van der Waals surface area contributed by atoms with Crippen LogP contribution in [0.25, 0.3) is 0 Å². The van der Waals surface area contributed by atoms with Gasteiger partial charge in [-0.05, 0) is 80.0 Å². The van der Waals surface area contributed by atoms with Crippen molar-refractivity contribution in [2.24, 2.45) is 0 Å². The highest BCUT2D eigenvalue weighted by Gasteiger charge is 2.51. The molecule has 1 aliphatic heterocycles. The molecule has 204 valence electrons. The minimum Gasteiger partial charge on any atom is -0.336 e. The minimum atomic E-state index is -1.23. The Balaban J connectivity index is 1.24. The van der Waals surface area contributed by atoms with Crippen molar-refractivity contribution in [3.8, 4) is 0 Å². The molecule has 0 saturated heterocycles. The Hall–Kier alpha value is -4.53. The molecule has 1 aromatic heterocycles. The molecule has 40 heavy (non-hydrogen) atoms. The SMILES string of the molecule is CC(C)NC(=O)N(CC(=O)Nc1ccc2c(c1)C[C@@]1(C2)C(=O)Nc2ncccc21)C1(C=O)CCc2ccccc21. The van der Waals surface area contributed by atoms with Gasteiger partial charge in [-0.3, -0.25) is 14.5 Å². The molecule has 1 spiro atoms. The number of nitrogens with one attached hydrogen (secondary N) is 3. The molecule has 3 aliphatic rings. The van der Waals surface area contributed by atoms with Gasteiger partial charge in [-0.1, -0.05) is 36.4 Å². The number of carbonyl (C=O) groups is 4. The normalized spacial score (nSPS) is 21.9. The quantitative estimate of drug-likeness (QED) is 0.416. The van der Waals surface area contributed by atoms with Crippen molar-refractivity contribution < 1.29 is 19.2 Å². The third-order valence-corrected chi connectivity index (χ3v) is 8.36. The summed E-state index contributed by atoms with van der Waals surface area (Å²) in [6, 6.07) is 16.3. The highest BCUT2D eigenvalue weighted by Crippen LogP contribution is 2.47. The summed E-state index contributed by atoms with van der Waals surface area (Å²) in [6.45, 7) is 3.37. The molecule has 0 bridgehead atoms. The summed E-state index contributed by atoms with van der Waals surface area (Å²) in [5.74, 6) is 0.127. The van der Waals surface area contributed by atoms with E-state index < -0.39 is 22.9 Å². The summed E-state index contributed by atoms with van der Waals surface area (Å²) >= 11 is 0. The first-order chi connectivity index (χ1) is 19.3. The van der Waals surface area contributed by atoms with Gasteiger partial charge in [0.2, 0.25) is 11.8 Å². The maximum absolute atomic E-state index is 13.4. The number of urea groups is 1. The maximum atomic E-state index is 13.4. The molecule has 1 unspecified atom stereocenters. The Bertz CT molecular complexity index is 1550. The number of pyridine rings is 1. The lowest BCUT2D eigenvalue weighted by Crippen LogP contribution is -2.56. The smallest absolute Gasteiger partial charge is 0.319 e. The average Bonchev–Trinajstić information content (AvgIpc) is 3.59. The van der Waals surface area contributed by atoms with Gasteiger partial charge in [-0.2, -0.15) is 0 Å². The van der Waals surface area contributed by atoms with Crippen molar-refractivity contribution in [2.45, 2.75) is 56.5 Å². The van der Waals surface area contributed by atoms with Crippen LogP contribution in [0.1, 0.15) is 48.1 Å². The largest absolute Gasteiger partial charge is 0.336 e. The van der Waals surface area contributed by atoms with E-state index in [4.69, 9.17) is 0 Å². The van der Waals surface area contributed by atoms with Gasteiger partial charge < -0.3 is 20.7 Å². The van der Waals surface area contributed by atoms with Gasteiger partial charge in [0.05, 0.1) is 5.41 Å². The van der Waals surface area contributed by atoms with E-state index >= 15 is 0 Å². The van der Waals surface area contributed by atoms with Crippen LogP contribution >= 0.6 is 0 Å². The van der Waals surface area contributed by atoms with E-state index in [1.807, 2.05) is 68.4 Å². The van der Waals surface area contributed by atoms with E-state index in [1.165, 1.54) is 4.90 Å². The van der Waals surface area contributed by atoms with Crippen molar-refractivity contribution in [1.82, 2.24) is 15.2 Å². The Morgan fingerprint density at radius 2 is 1.82 bits per heavy atom. The van der Waals surface area contributed by atoms with Crippen LogP contribution in [-0.2, 0) is 44.6 Å².